The molecule has 2 heterocycles. The fourth-order valence-electron chi connectivity index (χ4n) is 3.61. The van der Waals surface area contributed by atoms with Crippen LogP contribution in [0.15, 0.2) is 52.3 Å². The molecule has 0 saturated carbocycles. The first kappa shape index (κ1) is 27.7. The molecule has 190 valence electrons. The number of carbonyl (C=O) groups excluding carboxylic acids is 1. The van der Waals surface area contributed by atoms with Crippen molar-refractivity contribution in [3.63, 3.8) is 0 Å². The summed E-state index contributed by atoms with van der Waals surface area (Å²) in [6, 6.07) is 12.7. The van der Waals surface area contributed by atoms with Gasteiger partial charge >= 0.3 is 0 Å². The predicted molar refractivity (Wildman–Crippen MR) is 143 cm³/mol. The number of fused-ring (bicyclic) bond motifs is 1. The topological polar surface area (TPSA) is 89.0 Å². The van der Waals surface area contributed by atoms with Gasteiger partial charge in [-0.2, -0.15) is 0 Å². The van der Waals surface area contributed by atoms with Gasteiger partial charge in [0, 0.05) is 37.3 Å². The van der Waals surface area contributed by atoms with E-state index >= 15 is 0 Å². The summed E-state index contributed by atoms with van der Waals surface area (Å²) in [5.74, 6) is 0.928. The number of nitrogens with zero attached hydrogens (tertiary/aromatic N) is 3. The fraction of sp³-hybridized carbons (Fsp3) is 0.391. The van der Waals surface area contributed by atoms with Crippen molar-refractivity contribution < 1.29 is 22.7 Å². The van der Waals surface area contributed by atoms with Gasteiger partial charge in [0.05, 0.1) is 35.7 Å². The molecule has 2 aromatic carbocycles. The number of sulfone groups is 1. The molecule has 4 rings (SSSR count). The minimum Gasteiger partial charge on any atom is -0.497 e. The van der Waals surface area contributed by atoms with Crippen molar-refractivity contribution in [2.24, 2.45) is 0 Å². The molecular formula is C23H28ClN3O5S3. The highest BCUT2D eigenvalue weighted by molar-refractivity contribution is 8.00. The second-order valence-corrected chi connectivity index (χ2v) is 11.9. The number of hydrogen-bond acceptors (Lipinski definition) is 9. The summed E-state index contributed by atoms with van der Waals surface area (Å²) >= 11 is 2.78. The van der Waals surface area contributed by atoms with E-state index in [9.17, 15) is 13.2 Å². The van der Waals surface area contributed by atoms with Gasteiger partial charge in [-0.25, -0.2) is 13.4 Å². The Hall–Kier alpha value is -1.89. The van der Waals surface area contributed by atoms with E-state index in [-0.39, 0.29) is 29.0 Å². The first-order chi connectivity index (χ1) is 16.3. The van der Waals surface area contributed by atoms with Gasteiger partial charge in [0.2, 0.25) is 5.91 Å². The van der Waals surface area contributed by atoms with Crippen molar-refractivity contribution in [3.8, 4) is 5.75 Å². The molecule has 1 saturated heterocycles. The van der Waals surface area contributed by atoms with Crippen LogP contribution in [0.1, 0.15) is 0 Å². The van der Waals surface area contributed by atoms with Crippen LogP contribution in [0.3, 0.4) is 0 Å². The average Bonchev–Trinajstić information content (AvgIpc) is 3.27. The molecule has 1 aliphatic rings. The zero-order chi connectivity index (χ0) is 24.1. The molecule has 1 aliphatic heterocycles. The number of carbonyl (C=O) groups is 1. The normalized spacial score (nSPS) is 14.5. The van der Waals surface area contributed by atoms with Crippen molar-refractivity contribution in [1.82, 2.24) is 9.88 Å². The number of thioether (sulfide) groups is 1. The average molecular weight is 558 g/mol. The maximum absolute atomic E-state index is 13.4. The van der Waals surface area contributed by atoms with Crippen molar-refractivity contribution in [2.75, 3.05) is 63.4 Å². The summed E-state index contributed by atoms with van der Waals surface area (Å²) in [4.78, 5) is 23.1. The number of para-hydroxylation sites is 1. The monoisotopic (exact) mass is 557 g/mol. The van der Waals surface area contributed by atoms with E-state index in [1.54, 1.807) is 24.1 Å². The lowest BCUT2D eigenvalue weighted by Gasteiger charge is -2.29. The highest BCUT2D eigenvalue weighted by Crippen LogP contribution is 2.33. The summed E-state index contributed by atoms with van der Waals surface area (Å²) in [6.45, 7) is 4.16. The van der Waals surface area contributed by atoms with E-state index in [1.165, 1.54) is 29.4 Å². The van der Waals surface area contributed by atoms with E-state index in [2.05, 4.69) is 9.88 Å². The Kier molecular flexibility index (Phi) is 9.79. The standard InChI is InChI=1S/C23H27N3O5S3.ClH/c1-30-17-6-8-18(9-7-17)32-16-21(27)26(11-10-25-12-14-31-15-13-25)23-24-22-19(33-23)4-3-5-20(22)34(2,28)29;/h3-9H,10-16H2,1-2H3;1H. The van der Waals surface area contributed by atoms with Crippen LogP contribution in [0, 0.1) is 0 Å². The highest BCUT2D eigenvalue weighted by atomic mass is 35.5. The Bertz CT molecular complexity index is 1250. The van der Waals surface area contributed by atoms with Crippen LogP contribution >= 0.6 is 35.5 Å². The van der Waals surface area contributed by atoms with Crippen LogP contribution in [-0.2, 0) is 19.4 Å². The lowest BCUT2D eigenvalue weighted by molar-refractivity contribution is -0.116. The van der Waals surface area contributed by atoms with Gasteiger partial charge < -0.3 is 9.47 Å². The van der Waals surface area contributed by atoms with Gasteiger partial charge in [0.15, 0.2) is 15.0 Å². The van der Waals surface area contributed by atoms with Crippen molar-refractivity contribution in [3.05, 3.63) is 42.5 Å². The first-order valence-corrected chi connectivity index (χ1v) is 14.5. The molecule has 12 heteroatoms. The SMILES string of the molecule is COc1ccc(SCC(=O)N(CCN2CCOCC2)c2nc3c(S(C)(=O)=O)cccc3s2)cc1.Cl. The number of anilines is 1. The fourth-order valence-corrected chi connectivity index (χ4v) is 6.32. The Morgan fingerprint density at radius 3 is 2.57 bits per heavy atom. The summed E-state index contributed by atoms with van der Waals surface area (Å²) in [6.07, 6.45) is 1.17. The summed E-state index contributed by atoms with van der Waals surface area (Å²) in [7, 11) is -1.82. The number of aromatic nitrogens is 1. The number of rotatable bonds is 9. The van der Waals surface area contributed by atoms with E-state index in [1.807, 2.05) is 30.3 Å². The third-order valence-electron chi connectivity index (χ3n) is 5.47. The molecule has 0 bridgehead atoms. The zero-order valence-corrected chi connectivity index (χ0v) is 22.8. The number of ether oxygens (including phenoxy) is 2. The smallest absolute Gasteiger partial charge is 0.239 e. The third kappa shape index (κ3) is 7.08. The van der Waals surface area contributed by atoms with E-state index in [4.69, 9.17) is 9.47 Å². The quantitative estimate of drug-likeness (QED) is 0.369. The predicted octanol–water partition coefficient (Wildman–Crippen LogP) is 3.59. The van der Waals surface area contributed by atoms with Gasteiger partial charge in [-0.1, -0.05) is 17.4 Å². The maximum Gasteiger partial charge on any atom is 0.239 e. The minimum atomic E-state index is -3.44. The second kappa shape index (κ2) is 12.4. The van der Waals surface area contributed by atoms with E-state index in [0.29, 0.717) is 37.0 Å². The first-order valence-electron chi connectivity index (χ1n) is 10.8. The Balaban J connectivity index is 0.00000342. The minimum absolute atomic E-state index is 0. The van der Waals surface area contributed by atoms with Gasteiger partial charge in [-0.3, -0.25) is 14.6 Å². The van der Waals surface area contributed by atoms with E-state index in [0.717, 1.165) is 28.4 Å². The van der Waals surface area contributed by atoms with Crippen LogP contribution in [-0.4, -0.2) is 82.7 Å². The van der Waals surface area contributed by atoms with Gasteiger partial charge in [0.1, 0.15) is 11.3 Å². The number of halogens is 1. The lowest BCUT2D eigenvalue weighted by Crippen LogP contribution is -2.43. The number of thiazole rings is 1. The van der Waals surface area contributed by atoms with Gasteiger partial charge in [-0.05, 0) is 36.4 Å². The molecule has 0 spiro atoms. The van der Waals surface area contributed by atoms with Crippen molar-refractivity contribution in [1.29, 1.82) is 0 Å². The Morgan fingerprint density at radius 2 is 1.91 bits per heavy atom. The highest BCUT2D eigenvalue weighted by Gasteiger charge is 2.24. The Morgan fingerprint density at radius 1 is 1.20 bits per heavy atom. The second-order valence-electron chi connectivity index (χ2n) is 7.84. The van der Waals surface area contributed by atoms with Crippen molar-refractivity contribution in [2.45, 2.75) is 9.79 Å². The molecular weight excluding hydrogens is 530 g/mol. The molecule has 8 nitrogen and oxygen atoms in total. The molecule has 0 unspecified atom stereocenters. The molecule has 1 aromatic heterocycles. The summed E-state index contributed by atoms with van der Waals surface area (Å²) < 4.78 is 35.9. The molecule has 0 N–H and O–H groups in total. The lowest BCUT2D eigenvalue weighted by atomic mass is 10.3. The number of amides is 1. The van der Waals surface area contributed by atoms with Crippen LogP contribution < -0.4 is 9.64 Å². The third-order valence-corrected chi connectivity index (χ3v) is 8.64. The van der Waals surface area contributed by atoms with Crippen molar-refractivity contribution >= 4 is 66.6 Å². The van der Waals surface area contributed by atoms with Gasteiger partial charge in [-0.15, -0.1) is 24.2 Å². The molecule has 1 fully saturated rings. The Labute approximate surface area is 219 Å². The number of hydrogen-bond donors (Lipinski definition) is 0. The van der Waals surface area contributed by atoms with Crippen LogP contribution in [0.2, 0.25) is 0 Å². The van der Waals surface area contributed by atoms with Crippen LogP contribution in [0.25, 0.3) is 10.2 Å². The van der Waals surface area contributed by atoms with E-state index < -0.39 is 9.84 Å². The zero-order valence-electron chi connectivity index (χ0n) is 19.5. The van der Waals surface area contributed by atoms with Gasteiger partial charge in [0.25, 0.3) is 0 Å². The summed E-state index contributed by atoms with van der Waals surface area (Å²) in [5, 5.41) is 0.514. The number of methoxy groups -OCH3 is 1. The largest absolute Gasteiger partial charge is 0.497 e. The number of morpholine rings is 1. The van der Waals surface area contributed by atoms with Crippen LogP contribution in [0.4, 0.5) is 5.13 Å². The molecule has 0 aliphatic carbocycles. The molecule has 0 radical (unpaired) electrons. The molecule has 35 heavy (non-hydrogen) atoms. The molecule has 1 amide bonds. The maximum atomic E-state index is 13.4. The molecule has 3 aromatic rings. The summed E-state index contributed by atoms with van der Waals surface area (Å²) in [5.41, 5.74) is 0.414. The van der Waals surface area contributed by atoms with Crippen LogP contribution in [0.5, 0.6) is 5.75 Å². The number of benzene rings is 2. The molecule has 0 atom stereocenters.